The summed E-state index contributed by atoms with van der Waals surface area (Å²) >= 11 is 0. The summed E-state index contributed by atoms with van der Waals surface area (Å²) < 4.78 is 12.8. The van der Waals surface area contributed by atoms with Crippen molar-refractivity contribution in [2.24, 2.45) is 23.7 Å². The smallest absolute Gasteiger partial charge is 0.338 e. The summed E-state index contributed by atoms with van der Waals surface area (Å²) in [6.45, 7) is 18.1. The van der Waals surface area contributed by atoms with Crippen LogP contribution in [0.15, 0.2) is 115 Å². The number of carbonyl (C=O) groups excluding carboxylic acids is 4. The Morgan fingerprint density at radius 2 is 0.538 bits per heavy atom. The number of hydrogen-bond donors (Lipinski definition) is 2. The highest BCUT2D eigenvalue weighted by Gasteiger charge is 2.58. The van der Waals surface area contributed by atoms with Gasteiger partial charge in [0.15, 0.2) is 0 Å². The topological polar surface area (TPSA) is 111 Å². The minimum absolute atomic E-state index is 0.0146. The van der Waals surface area contributed by atoms with Gasteiger partial charge >= 0.3 is 11.9 Å². The van der Waals surface area contributed by atoms with Gasteiger partial charge in [-0.15, -0.1) is 0 Å². The highest BCUT2D eigenvalue weighted by atomic mass is 16.5. The van der Waals surface area contributed by atoms with E-state index in [-0.39, 0.29) is 84.2 Å². The Morgan fingerprint density at radius 3 is 0.854 bits per heavy atom. The number of hydrogen-bond acceptors (Lipinski definition) is 6. The second kappa shape index (κ2) is 64.6. The van der Waals surface area contributed by atoms with Gasteiger partial charge in [0.1, 0.15) is 12.2 Å². The fourth-order valence-corrected chi connectivity index (χ4v) is 23.3. The SMILES string of the molecule is CCCCCCCCCCCCc1cc(C(=O)NC[C@@H](C)OC(=O)C2=CC3C(C=C2)C2c4ccccc4C3C3c4ccc(C(=O)O[C@H](C)CNC(=O)c5cc(CCCCCCCCCCCC)c(CCCCCCCCCCCC)c(CCCCCCCCCCCC)c5)cc4C2C2C=CC=CC23)cc(CCCCCCCCCCCC)c1CCCCCCCCCCCC. The van der Waals surface area contributed by atoms with Gasteiger partial charge in [0, 0.05) is 11.1 Å². The Bertz CT molecular complexity index is 3850. The number of unbranched alkanes of at least 4 members (excludes halogenated alkanes) is 54. The monoisotopic (exact) mass is 1780 g/mol. The zero-order chi connectivity index (χ0) is 91.8. The predicted molar refractivity (Wildman–Crippen MR) is 555 cm³/mol. The van der Waals surface area contributed by atoms with Crippen molar-refractivity contribution in [1.82, 2.24) is 10.6 Å². The molecule has 8 unspecified atom stereocenters. The molecule has 0 aromatic heterocycles. The maximum Gasteiger partial charge on any atom is 0.338 e. The fourth-order valence-electron chi connectivity index (χ4n) is 23.3. The van der Waals surface area contributed by atoms with E-state index in [1.165, 1.54) is 415 Å². The van der Waals surface area contributed by atoms with E-state index in [1.54, 1.807) is 0 Å². The molecule has 0 heterocycles. The summed E-state index contributed by atoms with van der Waals surface area (Å²) in [5.41, 5.74) is 16.4. The van der Waals surface area contributed by atoms with Crippen LogP contribution in [-0.2, 0) is 52.8 Å². The summed E-state index contributed by atoms with van der Waals surface area (Å²) in [6.07, 6.45) is 99.8. The number of benzene rings is 4. The molecule has 1 saturated carbocycles. The zero-order valence-electron chi connectivity index (χ0n) is 84.7. The third kappa shape index (κ3) is 36.7. The predicted octanol–water partition coefficient (Wildman–Crippen LogP) is 35.0. The first kappa shape index (κ1) is 107. The van der Waals surface area contributed by atoms with Crippen molar-refractivity contribution in [3.8, 4) is 0 Å². The largest absolute Gasteiger partial charge is 0.457 e. The van der Waals surface area contributed by atoms with Crippen LogP contribution in [0.5, 0.6) is 0 Å². The van der Waals surface area contributed by atoms with E-state index in [2.05, 4.69) is 149 Å². The molecule has 8 aliphatic carbocycles. The lowest BCUT2D eigenvalue weighted by molar-refractivity contribution is -0.142. The van der Waals surface area contributed by atoms with E-state index in [9.17, 15) is 19.2 Å². The first-order chi connectivity index (χ1) is 63.9. The highest BCUT2D eigenvalue weighted by molar-refractivity contribution is 5.96. The maximum atomic E-state index is 14.9. The lowest BCUT2D eigenvalue weighted by Crippen LogP contribution is -2.49. The first-order valence-electron chi connectivity index (χ1n) is 56.2. The summed E-state index contributed by atoms with van der Waals surface area (Å²) in [4.78, 5) is 59.3. The molecule has 8 nitrogen and oxygen atoms in total. The van der Waals surface area contributed by atoms with Crippen molar-refractivity contribution in [1.29, 1.82) is 0 Å². The van der Waals surface area contributed by atoms with Crippen LogP contribution in [0, 0.1) is 23.7 Å². The van der Waals surface area contributed by atoms with Crippen LogP contribution in [0.2, 0.25) is 0 Å². The van der Waals surface area contributed by atoms with Crippen LogP contribution < -0.4 is 10.6 Å². The molecule has 130 heavy (non-hydrogen) atoms. The maximum absolute atomic E-state index is 14.9. The van der Waals surface area contributed by atoms with Crippen LogP contribution in [0.25, 0.3) is 0 Å². The van der Waals surface area contributed by atoms with Crippen molar-refractivity contribution in [2.45, 2.75) is 515 Å². The lowest BCUT2D eigenvalue weighted by atomic mass is 9.44. The average Bonchev–Trinajstić information content (AvgIpc) is 0.685. The number of allylic oxidation sites excluding steroid dienone is 6. The van der Waals surface area contributed by atoms with Crippen molar-refractivity contribution < 1.29 is 28.7 Å². The fraction of sp³-hybridized carbons (Fsp3) is 0.705. The molecule has 0 radical (unpaired) electrons. The number of esters is 2. The third-order valence-electron chi connectivity index (χ3n) is 30.8. The second-order valence-corrected chi connectivity index (χ2v) is 41.6. The highest BCUT2D eigenvalue weighted by Crippen LogP contribution is 2.69. The van der Waals surface area contributed by atoms with Gasteiger partial charge in [-0.3, -0.25) is 9.59 Å². The zero-order valence-corrected chi connectivity index (χ0v) is 84.7. The van der Waals surface area contributed by atoms with E-state index in [4.69, 9.17) is 9.47 Å². The first-order valence-corrected chi connectivity index (χ1v) is 56.2. The van der Waals surface area contributed by atoms with Gasteiger partial charge in [-0.2, -0.15) is 0 Å². The molecule has 4 aromatic carbocycles. The van der Waals surface area contributed by atoms with Crippen molar-refractivity contribution >= 4 is 23.8 Å². The molecule has 4 bridgehead atoms. The van der Waals surface area contributed by atoms with Gasteiger partial charge in [0.25, 0.3) is 11.8 Å². The van der Waals surface area contributed by atoms with Crippen molar-refractivity contribution in [3.63, 3.8) is 0 Å². The third-order valence-corrected chi connectivity index (χ3v) is 30.8. The number of aryl methyl sites for hydroxylation is 4. The van der Waals surface area contributed by atoms with E-state index >= 15 is 0 Å². The van der Waals surface area contributed by atoms with E-state index < -0.39 is 12.2 Å². The van der Waals surface area contributed by atoms with Crippen LogP contribution in [-0.4, -0.2) is 49.1 Å². The molecule has 0 spiro atoms. The Hall–Kier alpha value is -6.28. The standard InChI is InChI=1S/C122H190N2O6/c1-9-15-21-27-33-39-45-51-57-63-73-97-87-103(88-98(74-64-58-52-46-40-34-28-22-16-10-2)105(97)77-67-61-55-49-43-37-31-25-19-13-5)119(125)123-93-95(7)129-121(127)101-83-85-111-113(91-101)117-109-81-71-69-79-107(109)115(111)118-110-82-72-70-80-108(110)116(117)112-86-84-102(92-114(112)118)122(128)130-96(8)94-124-120(126)104-89-99(75-65-59-53-47-41-35-29-23-17-11-3)106(78-68-62-56-50-44-38-32-26-20-14-6)100(90-104)76-66-60-54-48-42-36-30-24-18-12-4/h69-72,79-92,95-96,107,109,112,114-118H,9-68,73-78,93-94H2,1-8H3,(H,123,125)(H,124,126)/t95-,96-,107?,109?,112?,114?,115?,116?,117?,118?/m1/s1. The number of amides is 2. The van der Waals surface area contributed by atoms with Crippen molar-refractivity contribution in [3.05, 3.63) is 187 Å². The summed E-state index contributed by atoms with van der Waals surface area (Å²) in [6, 6.07) is 24.5. The second-order valence-electron chi connectivity index (χ2n) is 41.6. The Labute approximate surface area is 797 Å². The normalized spacial score (nSPS) is 18.4. The molecule has 1 fully saturated rings. The molecule has 12 rings (SSSR count). The molecular formula is C122H190N2O6. The Morgan fingerprint density at radius 1 is 0.277 bits per heavy atom. The lowest BCUT2D eigenvalue weighted by Gasteiger charge is -2.59. The van der Waals surface area contributed by atoms with Gasteiger partial charge < -0.3 is 20.1 Å². The molecule has 8 heteroatoms. The quantitative estimate of drug-likeness (QED) is 0.0337. The minimum atomic E-state index is -0.564. The molecular weight excluding hydrogens is 1590 g/mol. The van der Waals surface area contributed by atoms with E-state index in [0.717, 1.165) is 75.3 Å². The molecule has 8 aliphatic rings. The molecule has 0 saturated heterocycles. The van der Waals surface area contributed by atoms with Gasteiger partial charge in [-0.05, 0) is 230 Å². The number of ether oxygens (including phenoxy) is 2. The summed E-state index contributed by atoms with van der Waals surface area (Å²) in [7, 11) is 0. The summed E-state index contributed by atoms with van der Waals surface area (Å²) in [5.74, 6) is -0.198. The molecule has 724 valence electrons. The molecule has 2 amide bonds. The van der Waals surface area contributed by atoms with Crippen LogP contribution in [0.4, 0.5) is 0 Å². The molecule has 2 N–H and O–H groups in total. The molecule has 4 aromatic rings. The molecule has 10 atom stereocenters. The number of carbonyl (C=O) groups is 4. The van der Waals surface area contributed by atoms with Gasteiger partial charge in [0.2, 0.25) is 0 Å². The summed E-state index contributed by atoms with van der Waals surface area (Å²) in [5, 5.41) is 6.60. The van der Waals surface area contributed by atoms with Crippen LogP contribution in [0.1, 0.15) is 551 Å². The van der Waals surface area contributed by atoms with Gasteiger partial charge in [-0.1, -0.05) is 461 Å². The number of rotatable bonds is 76. The Balaban J connectivity index is 0.876. The number of nitrogens with one attached hydrogen (secondary N) is 2. The van der Waals surface area contributed by atoms with Gasteiger partial charge in [-0.25, -0.2) is 9.59 Å². The average molecular weight is 1780 g/mol. The van der Waals surface area contributed by atoms with Crippen LogP contribution >= 0.6 is 0 Å². The van der Waals surface area contributed by atoms with Gasteiger partial charge in [0.05, 0.1) is 24.2 Å². The molecule has 0 aliphatic heterocycles. The van der Waals surface area contributed by atoms with Crippen LogP contribution in [0.3, 0.4) is 0 Å². The Kier molecular flexibility index (Phi) is 53.4. The van der Waals surface area contributed by atoms with E-state index in [1.807, 2.05) is 26.0 Å². The van der Waals surface area contributed by atoms with E-state index in [0.29, 0.717) is 11.1 Å². The van der Waals surface area contributed by atoms with Crippen molar-refractivity contribution in [2.75, 3.05) is 13.1 Å². The minimum Gasteiger partial charge on any atom is -0.457 e.